The Morgan fingerprint density at radius 3 is 2.88 bits per heavy atom. The van der Waals surface area contributed by atoms with Gasteiger partial charge in [-0.25, -0.2) is 4.39 Å². The number of likely N-dealkylation sites (tertiary alicyclic amines) is 1. The zero-order valence-corrected chi connectivity index (χ0v) is 9.74. The van der Waals surface area contributed by atoms with Crippen molar-refractivity contribution in [2.24, 2.45) is 7.05 Å². The average molecular weight is 224 g/mol. The van der Waals surface area contributed by atoms with E-state index >= 15 is 0 Å². The van der Waals surface area contributed by atoms with E-state index < -0.39 is 6.67 Å². The molecule has 2 heterocycles. The third-order valence-electron chi connectivity index (χ3n) is 3.41. The largest absolute Gasteiger partial charge is 0.344 e. The van der Waals surface area contributed by atoms with Gasteiger partial charge in [0.05, 0.1) is 6.04 Å². The van der Waals surface area contributed by atoms with E-state index in [4.69, 9.17) is 0 Å². The second kappa shape index (κ2) is 4.28. The van der Waals surface area contributed by atoms with Crippen molar-refractivity contribution in [3.63, 3.8) is 0 Å². The van der Waals surface area contributed by atoms with E-state index in [1.54, 1.807) is 4.90 Å². The van der Waals surface area contributed by atoms with E-state index in [2.05, 4.69) is 0 Å². The Morgan fingerprint density at radius 1 is 1.56 bits per heavy atom. The van der Waals surface area contributed by atoms with Crippen LogP contribution in [0.1, 0.15) is 29.0 Å². The maximum Gasteiger partial charge on any atom is 0.270 e. The van der Waals surface area contributed by atoms with Crippen molar-refractivity contribution in [1.82, 2.24) is 9.47 Å². The first kappa shape index (κ1) is 11.2. The van der Waals surface area contributed by atoms with Crippen LogP contribution in [0.25, 0.3) is 0 Å². The first-order chi connectivity index (χ1) is 7.65. The minimum absolute atomic E-state index is 0.0456. The molecule has 0 bridgehead atoms. The van der Waals surface area contributed by atoms with Crippen molar-refractivity contribution in [3.8, 4) is 0 Å². The highest BCUT2D eigenvalue weighted by atomic mass is 19.1. The van der Waals surface area contributed by atoms with Gasteiger partial charge in [-0.1, -0.05) is 0 Å². The minimum Gasteiger partial charge on any atom is -0.344 e. The summed E-state index contributed by atoms with van der Waals surface area (Å²) in [6.45, 7) is 2.19. The van der Waals surface area contributed by atoms with Crippen LogP contribution < -0.4 is 0 Å². The van der Waals surface area contributed by atoms with Crippen LogP contribution in [0.15, 0.2) is 12.1 Å². The number of hydrogen-bond acceptors (Lipinski definition) is 1. The fourth-order valence-corrected chi connectivity index (χ4v) is 2.24. The summed E-state index contributed by atoms with van der Waals surface area (Å²) in [6.07, 6.45) is 1.69. The van der Waals surface area contributed by atoms with Crippen LogP contribution in [-0.4, -0.2) is 34.6 Å². The summed E-state index contributed by atoms with van der Waals surface area (Å²) < 4.78 is 14.6. The van der Waals surface area contributed by atoms with Gasteiger partial charge in [0, 0.05) is 19.3 Å². The lowest BCUT2D eigenvalue weighted by molar-refractivity contribution is 0.0706. The third kappa shape index (κ3) is 1.72. The van der Waals surface area contributed by atoms with Crippen molar-refractivity contribution < 1.29 is 9.18 Å². The fourth-order valence-electron chi connectivity index (χ4n) is 2.24. The van der Waals surface area contributed by atoms with Gasteiger partial charge in [-0.2, -0.15) is 0 Å². The summed E-state index contributed by atoms with van der Waals surface area (Å²) in [7, 11) is 1.86. The van der Waals surface area contributed by atoms with Gasteiger partial charge in [-0.15, -0.1) is 0 Å². The number of carbonyl (C=O) groups is 1. The van der Waals surface area contributed by atoms with Crippen molar-refractivity contribution >= 4 is 5.91 Å². The van der Waals surface area contributed by atoms with E-state index in [0.29, 0.717) is 12.2 Å². The molecule has 1 aliphatic heterocycles. The topological polar surface area (TPSA) is 25.2 Å². The molecule has 0 radical (unpaired) electrons. The van der Waals surface area contributed by atoms with Gasteiger partial charge in [0.25, 0.3) is 5.91 Å². The molecule has 1 amide bonds. The number of rotatable bonds is 2. The van der Waals surface area contributed by atoms with E-state index in [1.807, 2.05) is 30.7 Å². The van der Waals surface area contributed by atoms with Gasteiger partial charge in [-0.05, 0) is 31.9 Å². The Morgan fingerprint density at radius 2 is 2.31 bits per heavy atom. The van der Waals surface area contributed by atoms with Gasteiger partial charge in [0.2, 0.25) is 0 Å². The lowest BCUT2D eigenvalue weighted by Gasteiger charge is -2.22. The predicted molar refractivity (Wildman–Crippen MR) is 60.2 cm³/mol. The molecule has 1 atom stereocenters. The third-order valence-corrected chi connectivity index (χ3v) is 3.41. The number of alkyl halides is 1. The van der Waals surface area contributed by atoms with Gasteiger partial charge in [-0.3, -0.25) is 4.79 Å². The Kier molecular flexibility index (Phi) is 2.99. The van der Waals surface area contributed by atoms with E-state index in [0.717, 1.165) is 18.5 Å². The number of aryl methyl sites for hydroxylation is 1. The van der Waals surface area contributed by atoms with E-state index in [-0.39, 0.29) is 11.9 Å². The zero-order valence-electron chi connectivity index (χ0n) is 9.74. The molecular weight excluding hydrogens is 207 g/mol. The van der Waals surface area contributed by atoms with Crippen LogP contribution in [0.3, 0.4) is 0 Å². The minimum atomic E-state index is -0.435. The average Bonchev–Trinajstić information content (AvgIpc) is 2.86. The van der Waals surface area contributed by atoms with Gasteiger partial charge < -0.3 is 9.47 Å². The lowest BCUT2D eigenvalue weighted by atomic mass is 10.2. The normalized spacial score (nSPS) is 20.4. The predicted octanol–water partition coefficient (Wildman–Crippen LogP) is 1.91. The van der Waals surface area contributed by atoms with E-state index in [9.17, 15) is 9.18 Å². The van der Waals surface area contributed by atoms with Crippen LogP contribution in [0.5, 0.6) is 0 Å². The SMILES string of the molecule is Cc1ccc(C(=O)N2CCCC2CF)n1C. The second-order valence-electron chi connectivity index (χ2n) is 4.37. The summed E-state index contributed by atoms with van der Waals surface area (Å²) in [4.78, 5) is 13.9. The summed E-state index contributed by atoms with van der Waals surface area (Å²) in [5.74, 6) is -0.0456. The monoisotopic (exact) mass is 224 g/mol. The molecule has 0 saturated carbocycles. The maximum atomic E-state index is 12.7. The molecule has 0 aliphatic carbocycles. The second-order valence-corrected chi connectivity index (χ2v) is 4.37. The maximum absolute atomic E-state index is 12.7. The molecular formula is C12H17FN2O. The van der Waals surface area contributed by atoms with E-state index in [1.165, 1.54) is 0 Å². The molecule has 16 heavy (non-hydrogen) atoms. The van der Waals surface area contributed by atoms with Crippen LogP contribution in [0.4, 0.5) is 4.39 Å². The van der Waals surface area contributed by atoms with Crippen LogP contribution in [0, 0.1) is 6.92 Å². The molecule has 4 heteroatoms. The summed E-state index contributed by atoms with van der Waals surface area (Å²) in [5, 5.41) is 0. The molecule has 1 fully saturated rings. The van der Waals surface area contributed by atoms with Crippen molar-refractivity contribution in [2.75, 3.05) is 13.2 Å². The Hall–Kier alpha value is -1.32. The highest BCUT2D eigenvalue weighted by molar-refractivity contribution is 5.93. The van der Waals surface area contributed by atoms with Crippen LogP contribution >= 0.6 is 0 Å². The number of nitrogens with zero attached hydrogens (tertiary/aromatic N) is 2. The van der Waals surface area contributed by atoms with Crippen molar-refractivity contribution in [2.45, 2.75) is 25.8 Å². The smallest absolute Gasteiger partial charge is 0.270 e. The summed E-state index contributed by atoms with van der Waals surface area (Å²) >= 11 is 0. The quantitative estimate of drug-likeness (QED) is 0.753. The molecule has 1 saturated heterocycles. The fraction of sp³-hybridized carbons (Fsp3) is 0.583. The van der Waals surface area contributed by atoms with Crippen LogP contribution in [-0.2, 0) is 7.05 Å². The Labute approximate surface area is 94.9 Å². The molecule has 0 aromatic carbocycles. The first-order valence-corrected chi connectivity index (χ1v) is 5.64. The number of halogens is 1. The van der Waals surface area contributed by atoms with Gasteiger partial charge >= 0.3 is 0 Å². The molecule has 1 aromatic rings. The Balaban J connectivity index is 2.22. The van der Waals surface area contributed by atoms with Gasteiger partial charge in [0.15, 0.2) is 0 Å². The number of hydrogen-bond donors (Lipinski definition) is 0. The van der Waals surface area contributed by atoms with Gasteiger partial charge in [0.1, 0.15) is 12.4 Å². The molecule has 88 valence electrons. The summed E-state index contributed by atoms with van der Waals surface area (Å²) in [5.41, 5.74) is 1.69. The summed E-state index contributed by atoms with van der Waals surface area (Å²) in [6, 6.07) is 3.50. The highest BCUT2D eigenvalue weighted by Crippen LogP contribution is 2.21. The molecule has 0 spiro atoms. The number of amides is 1. The molecule has 1 aromatic heterocycles. The molecule has 2 rings (SSSR count). The lowest BCUT2D eigenvalue weighted by Crippen LogP contribution is -2.37. The standard InChI is InChI=1S/C12H17FN2O/c1-9-5-6-11(14(9)2)12(16)15-7-3-4-10(15)8-13/h5-6,10H,3-4,7-8H2,1-2H3. The zero-order chi connectivity index (χ0) is 11.7. The number of carbonyl (C=O) groups excluding carboxylic acids is 1. The highest BCUT2D eigenvalue weighted by Gasteiger charge is 2.30. The van der Waals surface area contributed by atoms with Crippen molar-refractivity contribution in [1.29, 1.82) is 0 Å². The van der Waals surface area contributed by atoms with Crippen molar-refractivity contribution in [3.05, 3.63) is 23.5 Å². The first-order valence-electron chi connectivity index (χ1n) is 5.64. The Bertz CT molecular complexity index is 400. The molecule has 1 aliphatic rings. The number of aromatic nitrogens is 1. The molecule has 3 nitrogen and oxygen atoms in total. The molecule has 1 unspecified atom stereocenters. The van der Waals surface area contributed by atoms with Crippen LogP contribution in [0.2, 0.25) is 0 Å². The molecule has 0 N–H and O–H groups in total.